The molecule has 0 spiro atoms. The van der Waals surface area contributed by atoms with E-state index in [4.69, 9.17) is 9.47 Å². The Labute approximate surface area is 129 Å². The number of hydrogen-bond acceptors (Lipinski definition) is 3. The van der Waals surface area contributed by atoms with E-state index in [0.717, 1.165) is 30.6 Å². The van der Waals surface area contributed by atoms with E-state index in [1.807, 2.05) is 6.92 Å². The van der Waals surface area contributed by atoms with Crippen molar-refractivity contribution in [1.29, 1.82) is 0 Å². The molecule has 0 saturated heterocycles. The molecule has 2 saturated carbocycles. The smallest absolute Gasteiger partial charge is 0.435 e. The van der Waals surface area contributed by atoms with E-state index < -0.39 is 6.16 Å². The van der Waals surface area contributed by atoms with Gasteiger partial charge in [-0.25, -0.2) is 4.79 Å². The van der Waals surface area contributed by atoms with Gasteiger partial charge in [-0.15, -0.1) is 0 Å². The highest BCUT2D eigenvalue weighted by molar-refractivity contribution is 5.60. The van der Waals surface area contributed by atoms with Crippen molar-refractivity contribution in [3.63, 3.8) is 0 Å². The molecule has 0 aromatic heterocycles. The molecule has 0 unspecified atom stereocenters. The normalized spacial score (nSPS) is 33.4. The molecule has 2 rings (SSSR count). The Kier molecular flexibility index (Phi) is 6.85. The third-order valence-electron chi connectivity index (χ3n) is 5.44. The molecule has 0 aromatic carbocycles. The number of ether oxygens (including phenoxy) is 2. The van der Waals surface area contributed by atoms with Gasteiger partial charge in [0, 0.05) is 0 Å². The van der Waals surface area contributed by atoms with Crippen LogP contribution in [0.4, 0.5) is 4.79 Å². The number of rotatable bonds is 5. The minimum atomic E-state index is -0.489. The third-order valence-corrected chi connectivity index (χ3v) is 5.44. The Bertz CT molecular complexity index is 300. The standard InChI is InChI=1S/C18H32O3/c1-3-20-18(19)21-17-12-10-16(11-13-17)9-8-15-6-4-14(2)5-7-15/h14-17H,3-13H2,1-2H3. The van der Waals surface area contributed by atoms with Gasteiger partial charge in [0.05, 0.1) is 6.61 Å². The second kappa shape index (κ2) is 8.65. The SMILES string of the molecule is CCOC(=O)OC1CCC(CCC2CCC(C)CC2)CC1. The first-order valence-corrected chi connectivity index (χ1v) is 9.00. The van der Waals surface area contributed by atoms with Crippen LogP contribution in [0, 0.1) is 17.8 Å². The van der Waals surface area contributed by atoms with Gasteiger partial charge in [-0.05, 0) is 50.4 Å². The molecule has 2 aliphatic rings. The van der Waals surface area contributed by atoms with Crippen LogP contribution in [0.5, 0.6) is 0 Å². The lowest BCUT2D eigenvalue weighted by Gasteiger charge is -2.30. The fourth-order valence-electron chi connectivity index (χ4n) is 3.92. The van der Waals surface area contributed by atoms with Crippen molar-refractivity contribution in [1.82, 2.24) is 0 Å². The lowest BCUT2D eigenvalue weighted by molar-refractivity contribution is 0.00714. The summed E-state index contributed by atoms with van der Waals surface area (Å²) in [5.74, 6) is 2.79. The molecular formula is C18H32O3. The molecule has 122 valence electrons. The van der Waals surface area contributed by atoms with Gasteiger partial charge in [-0.3, -0.25) is 0 Å². The topological polar surface area (TPSA) is 35.5 Å². The van der Waals surface area contributed by atoms with E-state index in [-0.39, 0.29) is 6.10 Å². The van der Waals surface area contributed by atoms with Gasteiger partial charge in [0.1, 0.15) is 6.10 Å². The Hall–Kier alpha value is -0.730. The fraction of sp³-hybridized carbons (Fsp3) is 0.944. The van der Waals surface area contributed by atoms with Crippen molar-refractivity contribution in [3.05, 3.63) is 0 Å². The first kappa shape index (κ1) is 16.6. The first-order chi connectivity index (χ1) is 10.2. The quantitative estimate of drug-likeness (QED) is 0.644. The average molecular weight is 296 g/mol. The molecule has 21 heavy (non-hydrogen) atoms. The predicted molar refractivity (Wildman–Crippen MR) is 84.2 cm³/mol. The van der Waals surface area contributed by atoms with Gasteiger partial charge >= 0.3 is 6.16 Å². The zero-order valence-corrected chi connectivity index (χ0v) is 13.8. The van der Waals surface area contributed by atoms with Crippen LogP contribution in [-0.4, -0.2) is 18.9 Å². The molecule has 0 bridgehead atoms. The molecule has 0 amide bonds. The molecule has 2 fully saturated rings. The monoisotopic (exact) mass is 296 g/mol. The Morgan fingerprint density at radius 1 is 0.905 bits per heavy atom. The van der Waals surface area contributed by atoms with Crippen molar-refractivity contribution in [2.24, 2.45) is 17.8 Å². The fourth-order valence-corrected chi connectivity index (χ4v) is 3.92. The first-order valence-electron chi connectivity index (χ1n) is 9.00. The van der Waals surface area contributed by atoms with Crippen molar-refractivity contribution in [3.8, 4) is 0 Å². The van der Waals surface area contributed by atoms with Gasteiger partial charge in [-0.1, -0.05) is 45.4 Å². The summed E-state index contributed by atoms with van der Waals surface area (Å²) in [6, 6.07) is 0. The molecule has 0 radical (unpaired) electrons. The van der Waals surface area contributed by atoms with E-state index >= 15 is 0 Å². The molecule has 3 heteroatoms. The number of carbonyl (C=O) groups is 1. The summed E-state index contributed by atoms with van der Waals surface area (Å²) in [6.45, 7) is 4.60. The van der Waals surface area contributed by atoms with Crippen LogP contribution in [0.15, 0.2) is 0 Å². The summed E-state index contributed by atoms with van der Waals surface area (Å²) in [5.41, 5.74) is 0. The van der Waals surface area contributed by atoms with Gasteiger partial charge in [0.25, 0.3) is 0 Å². The van der Waals surface area contributed by atoms with Crippen LogP contribution in [0.1, 0.15) is 78.1 Å². The highest BCUT2D eigenvalue weighted by Gasteiger charge is 2.25. The van der Waals surface area contributed by atoms with Gasteiger partial charge in [0.2, 0.25) is 0 Å². The van der Waals surface area contributed by atoms with E-state index in [1.54, 1.807) is 0 Å². The Balaban J connectivity index is 1.57. The summed E-state index contributed by atoms with van der Waals surface area (Å²) in [7, 11) is 0. The van der Waals surface area contributed by atoms with Crippen LogP contribution < -0.4 is 0 Å². The maximum atomic E-state index is 11.3. The second-order valence-corrected chi connectivity index (χ2v) is 7.15. The predicted octanol–water partition coefficient (Wildman–Crippen LogP) is 5.32. The molecule has 0 aromatic rings. The molecule has 2 aliphatic carbocycles. The van der Waals surface area contributed by atoms with E-state index in [0.29, 0.717) is 6.61 Å². The molecule has 0 aliphatic heterocycles. The molecule has 0 atom stereocenters. The van der Waals surface area contributed by atoms with Crippen molar-refractivity contribution in [2.45, 2.75) is 84.2 Å². The zero-order valence-electron chi connectivity index (χ0n) is 13.8. The highest BCUT2D eigenvalue weighted by atomic mass is 16.7. The van der Waals surface area contributed by atoms with Crippen molar-refractivity contribution >= 4 is 6.16 Å². The van der Waals surface area contributed by atoms with E-state index in [9.17, 15) is 4.79 Å². The van der Waals surface area contributed by atoms with Crippen LogP contribution >= 0.6 is 0 Å². The average Bonchev–Trinajstić information content (AvgIpc) is 2.48. The summed E-state index contributed by atoms with van der Waals surface area (Å²) >= 11 is 0. The minimum absolute atomic E-state index is 0.0934. The lowest BCUT2D eigenvalue weighted by Crippen LogP contribution is -2.25. The summed E-state index contributed by atoms with van der Waals surface area (Å²) in [5, 5.41) is 0. The highest BCUT2D eigenvalue weighted by Crippen LogP contribution is 2.35. The molecule has 0 heterocycles. The van der Waals surface area contributed by atoms with Crippen molar-refractivity contribution in [2.75, 3.05) is 6.61 Å². The van der Waals surface area contributed by atoms with Crippen LogP contribution in [-0.2, 0) is 9.47 Å². The number of carbonyl (C=O) groups excluding carboxylic acids is 1. The molecule has 0 N–H and O–H groups in total. The largest absolute Gasteiger partial charge is 0.508 e. The van der Waals surface area contributed by atoms with Crippen molar-refractivity contribution < 1.29 is 14.3 Å². The maximum absolute atomic E-state index is 11.3. The summed E-state index contributed by atoms with van der Waals surface area (Å²) < 4.78 is 10.2. The van der Waals surface area contributed by atoms with E-state index in [2.05, 4.69) is 6.92 Å². The van der Waals surface area contributed by atoms with Crippen LogP contribution in [0.25, 0.3) is 0 Å². The minimum Gasteiger partial charge on any atom is -0.435 e. The lowest BCUT2D eigenvalue weighted by atomic mass is 9.77. The van der Waals surface area contributed by atoms with Gasteiger partial charge in [-0.2, -0.15) is 0 Å². The Morgan fingerprint density at radius 2 is 1.43 bits per heavy atom. The van der Waals surface area contributed by atoms with Crippen LogP contribution in [0.2, 0.25) is 0 Å². The Morgan fingerprint density at radius 3 is 1.95 bits per heavy atom. The zero-order chi connectivity index (χ0) is 15.1. The van der Waals surface area contributed by atoms with Gasteiger partial charge in [0.15, 0.2) is 0 Å². The molecular weight excluding hydrogens is 264 g/mol. The summed E-state index contributed by atoms with van der Waals surface area (Å²) in [4.78, 5) is 11.3. The molecule has 3 nitrogen and oxygen atoms in total. The second-order valence-electron chi connectivity index (χ2n) is 7.15. The summed E-state index contributed by atoms with van der Waals surface area (Å²) in [6.07, 6.45) is 12.6. The number of hydrogen-bond donors (Lipinski definition) is 0. The maximum Gasteiger partial charge on any atom is 0.508 e. The van der Waals surface area contributed by atoms with E-state index in [1.165, 1.54) is 51.4 Å². The third kappa shape index (κ3) is 5.88. The van der Waals surface area contributed by atoms with Crippen LogP contribution in [0.3, 0.4) is 0 Å². The van der Waals surface area contributed by atoms with Gasteiger partial charge < -0.3 is 9.47 Å².